The van der Waals surface area contributed by atoms with Crippen molar-refractivity contribution in [2.45, 2.75) is 18.5 Å². The van der Waals surface area contributed by atoms with Crippen LogP contribution in [0.4, 0.5) is 15.9 Å². The monoisotopic (exact) mass is 474 g/mol. The highest BCUT2D eigenvalue weighted by molar-refractivity contribution is 7.95. The second kappa shape index (κ2) is 9.70. The lowest BCUT2D eigenvalue weighted by atomic mass is 10.1. The Kier molecular flexibility index (Phi) is 6.75. The predicted octanol–water partition coefficient (Wildman–Crippen LogP) is 3.47. The average molecular weight is 475 g/mol. The molecule has 2 amide bonds. The van der Waals surface area contributed by atoms with Crippen LogP contribution in [0.1, 0.15) is 6.42 Å². The van der Waals surface area contributed by atoms with Crippen molar-refractivity contribution in [2.24, 2.45) is 0 Å². The fourth-order valence-electron chi connectivity index (χ4n) is 3.20. The Morgan fingerprint density at radius 3 is 2.72 bits per heavy atom. The van der Waals surface area contributed by atoms with Crippen molar-refractivity contribution < 1.29 is 14.0 Å². The van der Waals surface area contributed by atoms with Crippen LogP contribution < -0.4 is 15.4 Å². The molecule has 2 heterocycles. The number of aromatic nitrogens is 2. The van der Waals surface area contributed by atoms with Gasteiger partial charge in [-0.05, 0) is 43.8 Å². The first-order chi connectivity index (χ1) is 15.4. The normalized spacial score (nSPS) is 18.8. The van der Waals surface area contributed by atoms with Gasteiger partial charge in [-0.15, -0.1) is 0 Å². The second-order valence-electron chi connectivity index (χ2n) is 7.17. The fourth-order valence-corrected chi connectivity index (χ4v) is 4.19. The third-order valence-electron chi connectivity index (χ3n) is 4.93. The summed E-state index contributed by atoms with van der Waals surface area (Å²) >= 11 is 6.95. The molecule has 32 heavy (non-hydrogen) atoms. The van der Waals surface area contributed by atoms with E-state index in [2.05, 4.69) is 20.3 Å². The summed E-state index contributed by atoms with van der Waals surface area (Å²) in [5.74, 6) is -0.779. The van der Waals surface area contributed by atoms with Crippen molar-refractivity contribution in [3.8, 4) is 5.69 Å². The van der Waals surface area contributed by atoms with Crippen LogP contribution in [0.5, 0.6) is 0 Å². The van der Waals surface area contributed by atoms with Gasteiger partial charge in [-0.1, -0.05) is 29.8 Å². The molecule has 0 aliphatic carbocycles. The SMILES string of the molecule is CN1SNC(C(=O)Nc2cn(-c3ccccc3)cn2)CC1C(=O)Nc1ccc(F)c(Cl)c1. The molecular weight excluding hydrogens is 455 g/mol. The summed E-state index contributed by atoms with van der Waals surface area (Å²) in [5, 5.41) is 5.42. The lowest BCUT2D eigenvalue weighted by Crippen LogP contribution is -2.52. The quantitative estimate of drug-likeness (QED) is 0.490. The molecule has 0 saturated carbocycles. The van der Waals surface area contributed by atoms with Gasteiger partial charge in [0.2, 0.25) is 11.8 Å². The zero-order chi connectivity index (χ0) is 22.7. The summed E-state index contributed by atoms with van der Waals surface area (Å²) < 4.78 is 19.9. The molecule has 3 aromatic rings. The number of nitrogens with zero attached hydrogens (tertiary/aromatic N) is 3. The summed E-state index contributed by atoms with van der Waals surface area (Å²) in [7, 11) is 1.75. The molecule has 3 N–H and O–H groups in total. The van der Waals surface area contributed by atoms with Crippen LogP contribution in [0.25, 0.3) is 5.69 Å². The van der Waals surface area contributed by atoms with Crippen molar-refractivity contribution >= 4 is 47.1 Å². The van der Waals surface area contributed by atoms with E-state index in [1.54, 1.807) is 28.4 Å². The van der Waals surface area contributed by atoms with Gasteiger partial charge >= 0.3 is 0 Å². The van der Waals surface area contributed by atoms with Gasteiger partial charge in [-0.25, -0.2) is 18.4 Å². The Morgan fingerprint density at radius 2 is 1.97 bits per heavy atom. The molecule has 0 spiro atoms. The number of nitrogens with one attached hydrogen (secondary N) is 3. The molecule has 1 aromatic heterocycles. The zero-order valence-corrected chi connectivity index (χ0v) is 18.5. The van der Waals surface area contributed by atoms with Crippen LogP contribution in [0, 0.1) is 5.82 Å². The summed E-state index contributed by atoms with van der Waals surface area (Å²) in [5.41, 5.74) is 1.30. The molecule has 1 fully saturated rings. The van der Waals surface area contributed by atoms with Gasteiger partial charge in [0.05, 0.1) is 17.3 Å². The van der Waals surface area contributed by atoms with Gasteiger partial charge in [0.25, 0.3) is 0 Å². The number of anilines is 2. The maximum Gasteiger partial charge on any atom is 0.243 e. The van der Waals surface area contributed by atoms with Crippen LogP contribution >= 0.6 is 23.7 Å². The van der Waals surface area contributed by atoms with Gasteiger partial charge in [0.1, 0.15) is 18.2 Å². The van der Waals surface area contributed by atoms with E-state index >= 15 is 0 Å². The number of likely N-dealkylation sites (N-methyl/N-ethyl adjacent to an activating group) is 1. The summed E-state index contributed by atoms with van der Waals surface area (Å²) in [4.78, 5) is 29.8. The van der Waals surface area contributed by atoms with E-state index in [1.165, 1.54) is 30.3 Å². The molecule has 2 atom stereocenters. The molecule has 8 nitrogen and oxygen atoms in total. The highest BCUT2D eigenvalue weighted by atomic mass is 35.5. The third kappa shape index (κ3) is 5.10. The number of amides is 2. The standard InChI is InChI=1S/C21H20ClFN6O2S/c1-28-18(21(31)25-13-7-8-16(23)15(22)9-13)10-17(27-32-28)20(30)26-19-11-29(12-24-19)14-5-3-2-4-6-14/h2-9,11-12,17-18,27H,10H2,1H3,(H,25,31)(H,26,30). The van der Waals surface area contributed by atoms with Crippen LogP contribution in [0.15, 0.2) is 61.1 Å². The molecule has 1 aliphatic rings. The van der Waals surface area contributed by atoms with Crippen molar-refractivity contribution in [1.82, 2.24) is 18.6 Å². The summed E-state index contributed by atoms with van der Waals surface area (Å²) in [6, 6.07) is 12.4. The first kappa shape index (κ1) is 22.3. The number of rotatable bonds is 5. The molecule has 4 rings (SSSR count). The molecule has 166 valence electrons. The molecule has 11 heteroatoms. The first-order valence-corrected chi connectivity index (χ1v) is 10.9. The Hall–Kier alpha value is -2.92. The van der Waals surface area contributed by atoms with Gasteiger partial charge in [-0.2, -0.15) is 0 Å². The van der Waals surface area contributed by atoms with Crippen molar-refractivity contribution in [2.75, 3.05) is 17.7 Å². The summed E-state index contributed by atoms with van der Waals surface area (Å²) in [6.45, 7) is 0. The van der Waals surface area contributed by atoms with E-state index in [-0.39, 0.29) is 23.3 Å². The molecule has 2 aromatic carbocycles. The van der Waals surface area contributed by atoms with Gasteiger partial charge in [0, 0.05) is 23.5 Å². The van der Waals surface area contributed by atoms with Gasteiger partial charge in [-0.3, -0.25) is 9.59 Å². The number of carbonyl (C=O) groups is 2. The molecule has 0 bridgehead atoms. The van der Waals surface area contributed by atoms with E-state index in [4.69, 9.17) is 11.6 Å². The minimum atomic E-state index is -0.620. The zero-order valence-electron chi connectivity index (χ0n) is 17.0. The number of para-hydroxylation sites is 1. The Labute approximate surface area is 193 Å². The number of hydrogen-bond acceptors (Lipinski definition) is 6. The van der Waals surface area contributed by atoms with E-state index in [1.807, 2.05) is 30.3 Å². The van der Waals surface area contributed by atoms with E-state index in [0.717, 1.165) is 5.69 Å². The number of benzene rings is 2. The predicted molar refractivity (Wildman–Crippen MR) is 123 cm³/mol. The van der Waals surface area contributed by atoms with Crippen molar-refractivity contribution in [3.05, 3.63) is 71.9 Å². The lowest BCUT2D eigenvalue weighted by molar-refractivity contribution is -0.121. The van der Waals surface area contributed by atoms with E-state index in [0.29, 0.717) is 11.5 Å². The van der Waals surface area contributed by atoms with E-state index in [9.17, 15) is 14.0 Å². The van der Waals surface area contributed by atoms with Gasteiger partial charge in [0.15, 0.2) is 5.82 Å². The van der Waals surface area contributed by atoms with E-state index < -0.39 is 17.9 Å². The number of hydrogen-bond donors (Lipinski definition) is 3. The molecule has 2 unspecified atom stereocenters. The number of imidazole rings is 1. The van der Waals surface area contributed by atoms with Gasteiger partial charge < -0.3 is 15.2 Å². The Morgan fingerprint density at radius 1 is 1.19 bits per heavy atom. The maximum absolute atomic E-state index is 13.4. The lowest BCUT2D eigenvalue weighted by Gasteiger charge is -2.34. The van der Waals surface area contributed by atoms with Crippen LogP contribution in [0.2, 0.25) is 5.02 Å². The largest absolute Gasteiger partial charge is 0.325 e. The van der Waals surface area contributed by atoms with Crippen LogP contribution in [-0.4, -0.2) is 44.8 Å². The second-order valence-corrected chi connectivity index (χ2v) is 8.57. The first-order valence-electron chi connectivity index (χ1n) is 9.72. The molecule has 0 radical (unpaired) electrons. The average Bonchev–Trinajstić information content (AvgIpc) is 3.25. The Bertz CT molecular complexity index is 1130. The van der Waals surface area contributed by atoms with Crippen LogP contribution in [-0.2, 0) is 9.59 Å². The Balaban J connectivity index is 1.39. The van der Waals surface area contributed by atoms with Crippen LogP contribution in [0.3, 0.4) is 0 Å². The topological polar surface area (TPSA) is 91.3 Å². The minimum Gasteiger partial charge on any atom is -0.325 e. The highest BCUT2D eigenvalue weighted by Gasteiger charge is 2.35. The molecular formula is C21H20ClFN6O2S. The van der Waals surface area contributed by atoms with Crippen molar-refractivity contribution in [3.63, 3.8) is 0 Å². The maximum atomic E-state index is 13.4. The minimum absolute atomic E-state index is 0.0805. The third-order valence-corrected chi connectivity index (χ3v) is 6.15. The fraction of sp³-hybridized carbons (Fsp3) is 0.190. The molecule has 1 saturated heterocycles. The summed E-state index contributed by atoms with van der Waals surface area (Å²) in [6.07, 6.45) is 3.57. The smallest absolute Gasteiger partial charge is 0.243 e. The van der Waals surface area contributed by atoms with Crippen molar-refractivity contribution in [1.29, 1.82) is 0 Å². The molecule has 1 aliphatic heterocycles. The number of halogens is 2. The number of carbonyl (C=O) groups excluding carboxylic acids is 2. The highest BCUT2D eigenvalue weighted by Crippen LogP contribution is 2.25.